The van der Waals surface area contributed by atoms with Gasteiger partial charge < -0.3 is 14.2 Å². The van der Waals surface area contributed by atoms with Gasteiger partial charge in [-0.1, -0.05) is 24.3 Å². The van der Waals surface area contributed by atoms with Crippen LogP contribution in [-0.4, -0.2) is 47.6 Å². The van der Waals surface area contributed by atoms with Gasteiger partial charge in [0, 0.05) is 42.5 Å². The molecule has 0 aliphatic heterocycles. The van der Waals surface area contributed by atoms with Crippen molar-refractivity contribution in [2.24, 2.45) is 0 Å². The molecule has 0 unspecified atom stereocenters. The lowest BCUT2D eigenvalue weighted by Gasteiger charge is -2.25. The molecule has 0 radical (unpaired) electrons. The average Bonchev–Trinajstić information content (AvgIpc) is 3.96. The number of rotatable bonds is 9. The molecule has 1 aromatic carbocycles. The zero-order valence-corrected chi connectivity index (χ0v) is 24.6. The van der Waals surface area contributed by atoms with Crippen molar-refractivity contribution < 1.29 is 17.9 Å². The van der Waals surface area contributed by atoms with Gasteiger partial charge in [0.2, 0.25) is 5.88 Å². The third-order valence-electron chi connectivity index (χ3n) is 8.08. The number of anilines is 1. The number of aromatic nitrogens is 7. The molecule has 0 spiro atoms. The zero-order valence-electron chi connectivity index (χ0n) is 24.6. The number of benzene rings is 1. The lowest BCUT2D eigenvalue weighted by atomic mass is 10.1. The molecular formula is C32H31F3N8O. The van der Waals surface area contributed by atoms with Crippen LogP contribution in [0.2, 0.25) is 0 Å². The van der Waals surface area contributed by atoms with Crippen molar-refractivity contribution >= 4 is 16.9 Å². The van der Waals surface area contributed by atoms with Crippen LogP contribution in [0.3, 0.4) is 0 Å². The Morgan fingerprint density at radius 1 is 0.977 bits per heavy atom. The average molecular weight is 601 g/mol. The van der Waals surface area contributed by atoms with Crippen LogP contribution >= 0.6 is 0 Å². The third kappa shape index (κ3) is 5.33. The second-order valence-corrected chi connectivity index (χ2v) is 11.7. The van der Waals surface area contributed by atoms with E-state index in [4.69, 9.17) is 14.7 Å². The standard InChI is InChI=1S/C32H31F3N8O/c1-18(2)42-16-24(32(33,34)35)39-29(42)21-8-6-19(7-9-21)15-43(22-12-13-22)30-23-5-4-14-36-27(23)40-28(41-30)25-26(20-10-11-20)37-17-38-31(25)44-3/h4-9,14,16-18,20,22H,10-13,15H2,1-3H3. The third-order valence-corrected chi connectivity index (χ3v) is 8.08. The fraction of sp³-hybridized carbons (Fsp3) is 0.375. The number of methoxy groups -OCH3 is 1. The van der Waals surface area contributed by atoms with Gasteiger partial charge >= 0.3 is 6.18 Å². The molecule has 2 aliphatic carbocycles. The molecule has 2 aliphatic rings. The molecule has 0 N–H and O–H groups in total. The van der Waals surface area contributed by atoms with E-state index in [1.165, 1.54) is 6.33 Å². The van der Waals surface area contributed by atoms with Crippen LogP contribution in [0.4, 0.5) is 19.0 Å². The first-order valence-corrected chi connectivity index (χ1v) is 14.7. The minimum Gasteiger partial charge on any atom is -0.480 e. The molecule has 9 nitrogen and oxygen atoms in total. The molecule has 226 valence electrons. The monoisotopic (exact) mass is 600 g/mol. The molecule has 0 saturated heterocycles. The fourth-order valence-electron chi connectivity index (χ4n) is 5.55. The molecule has 4 heterocycles. The molecule has 12 heteroatoms. The van der Waals surface area contributed by atoms with Crippen LogP contribution in [0.1, 0.15) is 68.4 Å². The first kappa shape index (κ1) is 28.2. The van der Waals surface area contributed by atoms with Gasteiger partial charge in [0.15, 0.2) is 17.2 Å². The van der Waals surface area contributed by atoms with E-state index < -0.39 is 11.9 Å². The Morgan fingerprint density at radius 2 is 1.75 bits per heavy atom. The number of imidazole rings is 1. The minimum atomic E-state index is -4.51. The highest BCUT2D eigenvalue weighted by atomic mass is 19.4. The summed E-state index contributed by atoms with van der Waals surface area (Å²) in [5.74, 6) is 2.30. The topological polar surface area (TPSA) is 94.7 Å². The second-order valence-electron chi connectivity index (χ2n) is 11.7. The van der Waals surface area contributed by atoms with E-state index in [0.29, 0.717) is 46.8 Å². The van der Waals surface area contributed by atoms with Crippen molar-refractivity contribution in [2.45, 2.75) is 70.3 Å². The Kier molecular flexibility index (Phi) is 6.94. The summed E-state index contributed by atoms with van der Waals surface area (Å²) in [4.78, 5) is 29.7. The first-order chi connectivity index (χ1) is 21.2. The van der Waals surface area contributed by atoms with E-state index in [9.17, 15) is 13.2 Å². The maximum atomic E-state index is 13.5. The summed E-state index contributed by atoms with van der Waals surface area (Å²) < 4.78 is 47.6. The van der Waals surface area contributed by atoms with Gasteiger partial charge in [0.1, 0.15) is 23.5 Å². The first-order valence-electron chi connectivity index (χ1n) is 14.7. The number of ether oxygens (including phenoxy) is 1. The summed E-state index contributed by atoms with van der Waals surface area (Å²) in [6, 6.07) is 11.5. The number of halogens is 3. The minimum absolute atomic E-state index is 0.179. The maximum Gasteiger partial charge on any atom is 0.434 e. The highest BCUT2D eigenvalue weighted by molar-refractivity contribution is 5.89. The van der Waals surface area contributed by atoms with E-state index in [1.54, 1.807) is 17.9 Å². The van der Waals surface area contributed by atoms with E-state index in [1.807, 2.05) is 50.2 Å². The van der Waals surface area contributed by atoms with Crippen molar-refractivity contribution in [3.8, 4) is 28.7 Å². The Morgan fingerprint density at radius 3 is 2.41 bits per heavy atom. The van der Waals surface area contributed by atoms with Gasteiger partial charge in [-0.05, 0) is 57.2 Å². The molecule has 5 aromatic rings. The van der Waals surface area contributed by atoms with Gasteiger partial charge in [-0.15, -0.1) is 0 Å². The number of alkyl halides is 3. The number of fused-ring (bicyclic) bond motifs is 1. The van der Waals surface area contributed by atoms with Crippen molar-refractivity contribution in [1.29, 1.82) is 0 Å². The molecule has 2 fully saturated rings. The molecule has 7 rings (SSSR count). The van der Waals surface area contributed by atoms with Gasteiger partial charge in [0.05, 0.1) is 18.2 Å². The van der Waals surface area contributed by atoms with Gasteiger partial charge in [-0.2, -0.15) is 13.2 Å². The number of hydrogen-bond acceptors (Lipinski definition) is 8. The lowest BCUT2D eigenvalue weighted by molar-refractivity contribution is -0.140. The predicted molar refractivity (Wildman–Crippen MR) is 159 cm³/mol. The highest BCUT2D eigenvalue weighted by Crippen LogP contribution is 2.46. The summed E-state index contributed by atoms with van der Waals surface area (Å²) in [7, 11) is 1.58. The quantitative estimate of drug-likeness (QED) is 0.179. The smallest absolute Gasteiger partial charge is 0.434 e. The second kappa shape index (κ2) is 10.8. The normalized spacial score (nSPS) is 15.2. The van der Waals surface area contributed by atoms with Crippen molar-refractivity contribution in [2.75, 3.05) is 12.0 Å². The Labute approximate surface area is 252 Å². The number of pyridine rings is 1. The molecule has 4 aromatic heterocycles. The van der Waals surface area contributed by atoms with Crippen molar-refractivity contribution in [3.05, 3.63) is 72.1 Å². The van der Waals surface area contributed by atoms with Crippen molar-refractivity contribution in [3.63, 3.8) is 0 Å². The van der Waals surface area contributed by atoms with Crippen LogP contribution < -0.4 is 9.64 Å². The van der Waals surface area contributed by atoms with Crippen LogP contribution in [-0.2, 0) is 12.7 Å². The SMILES string of the molecule is COc1ncnc(C2CC2)c1-c1nc(N(Cc2ccc(-c3nc(C(F)(F)F)cn3C(C)C)cc2)C2CC2)c2cccnc2n1. The van der Waals surface area contributed by atoms with Gasteiger partial charge in [0.25, 0.3) is 0 Å². The Hall–Kier alpha value is -4.61. The molecule has 0 atom stereocenters. The molecule has 0 bridgehead atoms. The summed E-state index contributed by atoms with van der Waals surface area (Å²) in [5, 5.41) is 0.835. The summed E-state index contributed by atoms with van der Waals surface area (Å²) in [6.45, 7) is 4.23. The van der Waals surface area contributed by atoms with Crippen LogP contribution in [0.5, 0.6) is 5.88 Å². The summed E-state index contributed by atoms with van der Waals surface area (Å²) >= 11 is 0. The van der Waals surface area contributed by atoms with Gasteiger partial charge in [-0.3, -0.25) is 0 Å². The van der Waals surface area contributed by atoms with Gasteiger partial charge in [-0.25, -0.2) is 29.9 Å². The Bertz CT molecular complexity index is 1830. The van der Waals surface area contributed by atoms with E-state index >= 15 is 0 Å². The number of hydrogen-bond donors (Lipinski definition) is 0. The van der Waals surface area contributed by atoms with Crippen molar-refractivity contribution in [1.82, 2.24) is 34.5 Å². The predicted octanol–water partition coefficient (Wildman–Crippen LogP) is 7.00. The van der Waals surface area contributed by atoms with E-state index in [-0.39, 0.29) is 12.1 Å². The van der Waals surface area contributed by atoms with Crippen LogP contribution in [0.15, 0.2) is 55.1 Å². The molecule has 2 saturated carbocycles. The summed E-state index contributed by atoms with van der Waals surface area (Å²) in [5.41, 5.74) is 2.89. The largest absolute Gasteiger partial charge is 0.480 e. The van der Waals surface area contributed by atoms with Crippen LogP contribution in [0.25, 0.3) is 33.8 Å². The maximum absolute atomic E-state index is 13.5. The molecule has 44 heavy (non-hydrogen) atoms. The molecular weight excluding hydrogens is 569 g/mol. The summed E-state index contributed by atoms with van der Waals surface area (Å²) in [6.07, 6.45) is 3.95. The van der Waals surface area contributed by atoms with Crippen LogP contribution in [0, 0.1) is 0 Å². The zero-order chi connectivity index (χ0) is 30.6. The lowest BCUT2D eigenvalue weighted by Crippen LogP contribution is -2.26. The molecule has 0 amide bonds. The van der Waals surface area contributed by atoms with E-state index in [0.717, 1.165) is 54.3 Å². The van der Waals surface area contributed by atoms with E-state index in [2.05, 4.69) is 24.8 Å². The highest BCUT2D eigenvalue weighted by Gasteiger charge is 2.36. The fourth-order valence-corrected chi connectivity index (χ4v) is 5.55. The Balaban J connectivity index is 1.27. The number of nitrogens with zero attached hydrogens (tertiary/aromatic N) is 8.